The Bertz CT molecular complexity index is 275. The Morgan fingerprint density at radius 2 is 2.09 bits per heavy atom. The van der Waals surface area contributed by atoms with Crippen LogP contribution < -0.4 is 5.11 Å². The van der Waals surface area contributed by atoms with E-state index in [4.69, 9.17) is 5.11 Å². The Kier molecular flexibility index (Phi) is 2.33. The van der Waals surface area contributed by atoms with Gasteiger partial charge in [0.05, 0.1) is 5.56 Å². The van der Waals surface area contributed by atoms with Gasteiger partial charge in [0, 0.05) is 3.57 Å². The van der Waals surface area contributed by atoms with Crippen molar-refractivity contribution in [2.45, 2.75) is 0 Å². The molecule has 0 fully saturated rings. The quantitative estimate of drug-likeness (QED) is 0.771. The molecule has 58 valence electrons. The number of carboxylic acids is 1. The summed E-state index contributed by atoms with van der Waals surface area (Å²) < 4.78 is 0.646. The molecule has 1 aromatic carbocycles. The van der Waals surface area contributed by atoms with Crippen LogP contribution in [0.3, 0.4) is 0 Å². The third-order valence-corrected chi connectivity index (χ3v) is 1.74. The summed E-state index contributed by atoms with van der Waals surface area (Å²) >= 11 is 1.90. The third-order valence-electron chi connectivity index (χ3n) is 1.12. The smallest absolute Gasteiger partial charge is 0.335 e. The van der Waals surface area contributed by atoms with Gasteiger partial charge >= 0.3 is 5.97 Å². The lowest BCUT2D eigenvalue weighted by Gasteiger charge is -2.05. The summed E-state index contributed by atoms with van der Waals surface area (Å²) in [5.74, 6) is -1.34. The summed E-state index contributed by atoms with van der Waals surface area (Å²) in [6.07, 6.45) is 0. The van der Waals surface area contributed by atoms with Crippen molar-refractivity contribution in [3.8, 4) is 5.75 Å². The first-order chi connectivity index (χ1) is 5.09. The van der Waals surface area contributed by atoms with Crippen molar-refractivity contribution < 1.29 is 15.0 Å². The fourth-order valence-corrected chi connectivity index (χ4v) is 1.33. The Hall–Kier alpha value is -0.780. The Labute approximate surface area is 76.8 Å². The molecule has 4 heteroatoms. The standard InChI is InChI=1S/C7H5IO3/c8-5-1-4(7(10)11)2-6(9)3-5/h1-3,9H,(H,10,11)/p-1. The molecule has 11 heavy (non-hydrogen) atoms. The predicted octanol–water partition coefficient (Wildman–Crippen LogP) is 1.06. The summed E-state index contributed by atoms with van der Waals surface area (Å²) in [5, 5.41) is 19.2. The van der Waals surface area contributed by atoms with Crippen molar-refractivity contribution >= 4 is 28.6 Å². The zero-order chi connectivity index (χ0) is 8.43. The molecule has 0 heterocycles. The van der Waals surface area contributed by atoms with Gasteiger partial charge in [-0.05, 0) is 28.7 Å². The van der Waals surface area contributed by atoms with E-state index < -0.39 is 5.97 Å². The molecule has 0 aliphatic rings. The highest BCUT2D eigenvalue weighted by molar-refractivity contribution is 14.1. The summed E-state index contributed by atoms with van der Waals surface area (Å²) in [6.45, 7) is 0. The molecule has 0 aliphatic heterocycles. The zero-order valence-corrected chi connectivity index (χ0v) is 7.53. The van der Waals surface area contributed by atoms with Gasteiger partial charge in [0.2, 0.25) is 0 Å². The molecule has 0 saturated heterocycles. The van der Waals surface area contributed by atoms with E-state index in [2.05, 4.69) is 0 Å². The molecule has 1 N–H and O–H groups in total. The van der Waals surface area contributed by atoms with Crippen LogP contribution in [0.1, 0.15) is 10.4 Å². The Balaban J connectivity index is 3.19. The highest BCUT2D eigenvalue weighted by Gasteiger charge is 2.01. The fourth-order valence-electron chi connectivity index (χ4n) is 0.686. The zero-order valence-electron chi connectivity index (χ0n) is 5.37. The topological polar surface area (TPSA) is 60.4 Å². The van der Waals surface area contributed by atoms with Gasteiger partial charge in [-0.15, -0.1) is 5.75 Å². The van der Waals surface area contributed by atoms with Crippen molar-refractivity contribution in [1.29, 1.82) is 0 Å². The number of carbonyl (C=O) groups is 1. The first-order valence-electron chi connectivity index (χ1n) is 2.80. The average Bonchev–Trinajstić information content (AvgIpc) is 1.85. The first kappa shape index (κ1) is 8.32. The number of hydrogen-bond donors (Lipinski definition) is 1. The van der Waals surface area contributed by atoms with Crippen molar-refractivity contribution in [1.82, 2.24) is 0 Å². The highest BCUT2D eigenvalue weighted by atomic mass is 127. The largest absolute Gasteiger partial charge is 0.872 e. The van der Waals surface area contributed by atoms with E-state index >= 15 is 0 Å². The van der Waals surface area contributed by atoms with E-state index in [1.165, 1.54) is 12.1 Å². The van der Waals surface area contributed by atoms with E-state index in [1.807, 2.05) is 22.6 Å². The van der Waals surface area contributed by atoms with Crippen LogP contribution in [0.4, 0.5) is 0 Å². The van der Waals surface area contributed by atoms with Crippen LogP contribution in [0, 0.1) is 3.57 Å². The predicted molar refractivity (Wildman–Crippen MR) is 45.6 cm³/mol. The van der Waals surface area contributed by atoms with Gasteiger partial charge in [-0.1, -0.05) is 12.1 Å². The minimum atomic E-state index is -1.07. The third kappa shape index (κ3) is 2.07. The maximum absolute atomic E-state index is 10.7. The molecular formula is C7H4IO3-. The van der Waals surface area contributed by atoms with Gasteiger partial charge in [-0.25, -0.2) is 4.79 Å². The molecule has 0 amide bonds. The molecule has 0 saturated carbocycles. The second-order valence-corrected chi connectivity index (χ2v) is 3.23. The van der Waals surface area contributed by atoms with E-state index in [9.17, 15) is 9.90 Å². The summed E-state index contributed by atoms with van der Waals surface area (Å²) in [4.78, 5) is 10.4. The average molecular weight is 263 g/mol. The molecule has 0 atom stereocenters. The van der Waals surface area contributed by atoms with Gasteiger partial charge in [0.25, 0.3) is 0 Å². The van der Waals surface area contributed by atoms with Gasteiger partial charge in [0.1, 0.15) is 0 Å². The lowest BCUT2D eigenvalue weighted by Crippen LogP contribution is -1.99. The summed E-state index contributed by atoms with van der Waals surface area (Å²) in [5.41, 5.74) is 0.0434. The first-order valence-corrected chi connectivity index (χ1v) is 3.88. The second-order valence-electron chi connectivity index (χ2n) is 1.98. The van der Waals surface area contributed by atoms with Crippen LogP contribution in [0.15, 0.2) is 18.2 Å². The number of aromatic carboxylic acids is 1. The summed E-state index contributed by atoms with van der Waals surface area (Å²) in [6, 6.07) is 3.93. The minimum Gasteiger partial charge on any atom is -0.872 e. The van der Waals surface area contributed by atoms with Crippen molar-refractivity contribution in [2.75, 3.05) is 0 Å². The molecule has 0 bridgehead atoms. The van der Waals surface area contributed by atoms with Crippen LogP contribution in [0.25, 0.3) is 0 Å². The molecule has 1 aromatic rings. The maximum atomic E-state index is 10.7. The van der Waals surface area contributed by atoms with E-state index in [-0.39, 0.29) is 11.3 Å². The molecule has 0 radical (unpaired) electrons. The van der Waals surface area contributed by atoms with E-state index in [0.717, 1.165) is 6.07 Å². The molecule has 3 nitrogen and oxygen atoms in total. The van der Waals surface area contributed by atoms with E-state index in [0.29, 0.717) is 3.57 Å². The monoisotopic (exact) mass is 263 g/mol. The number of hydrogen-bond acceptors (Lipinski definition) is 2. The number of carboxylic acid groups (broad SMARTS) is 1. The second kappa shape index (κ2) is 3.08. The minimum absolute atomic E-state index is 0.0434. The molecule has 0 unspecified atom stereocenters. The van der Waals surface area contributed by atoms with Crippen molar-refractivity contribution in [3.05, 3.63) is 27.3 Å². The lowest BCUT2D eigenvalue weighted by atomic mass is 10.2. The Morgan fingerprint density at radius 1 is 1.45 bits per heavy atom. The summed E-state index contributed by atoms with van der Waals surface area (Å²) in [7, 11) is 0. The van der Waals surface area contributed by atoms with Crippen LogP contribution in [-0.4, -0.2) is 11.1 Å². The Morgan fingerprint density at radius 3 is 2.55 bits per heavy atom. The van der Waals surface area contributed by atoms with Crippen LogP contribution in [0.2, 0.25) is 0 Å². The lowest BCUT2D eigenvalue weighted by molar-refractivity contribution is -0.268. The molecular weight excluding hydrogens is 259 g/mol. The van der Waals surface area contributed by atoms with Crippen molar-refractivity contribution in [2.24, 2.45) is 0 Å². The number of halogens is 1. The van der Waals surface area contributed by atoms with Gasteiger partial charge < -0.3 is 10.2 Å². The van der Waals surface area contributed by atoms with Crippen LogP contribution in [-0.2, 0) is 0 Å². The van der Waals surface area contributed by atoms with Crippen LogP contribution in [0.5, 0.6) is 5.75 Å². The number of rotatable bonds is 1. The normalized spacial score (nSPS) is 9.55. The van der Waals surface area contributed by atoms with Gasteiger partial charge in [-0.2, -0.15) is 0 Å². The molecule has 0 aromatic heterocycles. The highest BCUT2D eigenvalue weighted by Crippen LogP contribution is 2.14. The molecule has 0 aliphatic carbocycles. The van der Waals surface area contributed by atoms with Crippen LogP contribution >= 0.6 is 22.6 Å². The van der Waals surface area contributed by atoms with E-state index in [1.54, 1.807) is 0 Å². The number of benzene rings is 1. The van der Waals surface area contributed by atoms with Crippen molar-refractivity contribution in [3.63, 3.8) is 0 Å². The maximum Gasteiger partial charge on any atom is 0.335 e. The molecule has 0 spiro atoms. The van der Waals surface area contributed by atoms with Gasteiger partial charge in [-0.3, -0.25) is 0 Å². The van der Waals surface area contributed by atoms with Gasteiger partial charge in [0.15, 0.2) is 0 Å². The molecule has 1 rings (SSSR count). The SMILES string of the molecule is O=C(O)c1cc([O-])cc(I)c1. The fraction of sp³-hybridized carbons (Fsp3) is 0.